The minimum Gasteiger partial charge on any atom is -0.480 e. The first-order valence-electron chi connectivity index (χ1n) is 6.63. The number of carboxylic acid groups (broad SMARTS) is 1. The Morgan fingerprint density at radius 3 is 2.59 bits per heavy atom. The summed E-state index contributed by atoms with van der Waals surface area (Å²) < 4.78 is 6.62. The fourth-order valence-corrected chi connectivity index (χ4v) is 1.99. The molecule has 0 fully saturated rings. The molecule has 2 aromatic rings. The molecular formula is C15H17N3O4. The van der Waals surface area contributed by atoms with E-state index in [-0.39, 0.29) is 18.3 Å². The van der Waals surface area contributed by atoms with Crippen molar-refractivity contribution < 1.29 is 19.4 Å². The Labute approximate surface area is 127 Å². The second-order valence-electron chi connectivity index (χ2n) is 4.85. The van der Waals surface area contributed by atoms with Crippen LogP contribution in [0.5, 0.6) is 0 Å². The van der Waals surface area contributed by atoms with E-state index in [9.17, 15) is 9.59 Å². The van der Waals surface area contributed by atoms with Crippen molar-refractivity contribution in [1.82, 2.24) is 9.78 Å². The number of nitrogens with one attached hydrogen (secondary N) is 1. The molecule has 7 heteroatoms. The predicted octanol–water partition coefficient (Wildman–Crippen LogP) is 1.47. The molecule has 1 amide bonds. The topological polar surface area (TPSA) is 93.5 Å². The minimum absolute atomic E-state index is 0.268. The Morgan fingerprint density at radius 1 is 1.32 bits per heavy atom. The molecule has 2 rings (SSSR count). The SMILES string of the molecule is COC(C)(C(=O)Nc1ccn(CC(=O)O)n1)c1ccccc1. The molecule has 1 atom stereocenters. The van der Waals surface area contributed by atoms with Gasteiger partial charge in [0.25, 0.3) is 5.91 Å². The zero-order valence-corrected chi connectivity index (χ0v) is 12.3. The highest BCUT2D eigenvalue weighted by Crippen LogP contribution is 2.26. The van der Waals surface area contributed by atoms with E-state index in [1.54, 1.807) is 19.1 Å². The summed E-state index contributed by atoms with van der Waals surface area (Å²) in [6.45, 7) is 1.39. The number of amides is 1. The summed E-state index contributed by atoms with van der Waals surface area (Å²) in [5, 5.41) is 15.3. The molecule has 7 nitrogen and oxygen atoms in total. The van der Waals surface area contributed by atoms with E-state index in [1.165, 1.54) is 24.1 Å². The summed E-state index contributed by atoms with van der Waals surface area (Å²) in [5.41, 5.74) is -0.461. The number of carboxylic acids is 1. The third-order valence-corrected chi connectivity index (χ3v) is 3.35. The van der Waals surface area contributed by atoms with Gasteiger partial charge >= 0.3 is 5.97 Å². The van der Waals surface area contributed by atoms with Crippen molar-refractivity contribution in [2.24, 2.45) is 0 Å². The van der Waals surface area contributed by atoms with Crippen LogP contribution in [0.2, 0.25) is 0 Å². The van der Waals surface area contributed by atoms with Gasteiger partial charge in [0.1, 0.15) is 6.54 Å². The van der Waals surface area contributed by atoms with Gasteiger partial charge in [-0.3, -0.25) is 14.3 Å². The van der Waals surface area contributed by atoms with Gasteiger partial charge in [-0.05, 0) is 12.5 Å². The number of benzene rings is 1. The average molecular weight is 303 g/mol. The summed E-state index contributed by atoms with van der Waals surface area (Å²) in [6, 6.07) is 10.6. The number of carbonyl (C=O) groups excluding carboxylic acids is 1. The van der Waals surface area contributed by atoms with Crippen molar-refractivity contribution >= 4 is 17.7 Å². The summed E-state index contributed by atoms with van der Waals surface area (Å²) in [7, 11) is 1.45. The number of aromatic nitrogens is 2. The van der Waals surface area contributed by atoms with Crippen LogP contribution in [-0.2, 0) is 26.5 Å². The van der Waals surface area contributed by atoms with Crippen LogP contribution in [-0.4, -0.2) is 33.9 Å². The summed E-state index contributed by atoms with van der Waals surface area (Å²) in [5.74, 6) is -1.13. The molecular weight excluding hydrogens is 286 g/mol. The lowest BCUT2D eigenvalue weighted by Crippen LogP contribution is -2.39. The molecule has 0 radical (unpaired) electrons. The monoisotopic (exact) mass is 303 g/mol. The van der Waals surface area contributed by atoms with E-state index in [1.807, 2.05) is 18.2 Å². The van der Waals surface area contributed by atoms with Crippen molar-refractivity contribution in [2.75, 3.05) is 12.4 Å². The number of carbonyl (C=O) groups is 2. The third-order valence-electron chi connectivity index (χ3n) is 3.35. The van der Waals surface area contributed by atoms with Crippen molar-refractivity contribution in [2.45, 2.75) is 19.1 Å². The molecule has 1 heterocycles. The lowest BCUT2D eigenvalue weighted by atomic mass is 9.95. The third kappa shape index (κ3) is 3.32. The minimum atomic E-state index is -1.17. The zero-order valence-electron chi connectivity index (χ0n) is 12.3. The smallest absolute Gasteiger partial charge is 0.325 e. The van der Waals surface area contributed by atoms with Gasteiger partial charge in [0, 0.05) is 19.4 Å². The van der Waals surface area contributed by atoms with Gasteiger partial charge in [-0.1, -0.05) is 30.3 Å². The fourth-order valence-electron chi connectivity index (χ4n) is 1.99. The van der Waals surface area contributed by atoms with Crippen molar-refractivity contribution in [3.05, 3.63) is 48.2 Å². The number of hydrogen-bond donors (Lipinski definition) is 2. The van der Waals surface area contributed by atoms with Crippen LogP contribution in [0, 0.1) is 0 Å². The molecule has 2 N–H and O–H groups in total. The standard InChI is InChI=1S/C15H17N3O4/c1-15(22-2,11-6-4-3-5-7-11)14(21)16-12-8-9-18(17-12)10-13(19)20/h3-9H,10H2,1-2H3,(H,19,20)(H,16,17,21). The molecule has 1 unspecified atom stereocenters. The van der Waals surface area contributed by atoms with Gasteiger partial charge in [-0.15, -0.1) is 0 Å². The van der Waals surface area contributed by atoms with Crippen molar-refractivity contribution in [3.8, 4) is 0 Å². The Hall–Kier alpha value is -2.67. The average Bonchev–Trinajstić information content (AvgIpc) is 2.93. The van der Waals surface area contributed by atoms with Gasteiger partial charge in [0.15, 0.2) is 11.4 Å². The van der Waals surface area contributed by atoms with Gasteiger partial charge in [0.05, 0.1) is 0 Å². The molecule has 0 saturated carbocycles. The fraction of sp³-hybridized carbons (Fsp3) is 0.267. The number of ether oxygens (including phenoxy) is 1. The van der Waals surface area contributed by atoms with Crippen LogP contribution >= 0.6 is 0 Å². The Balaban J connectivity index is 2.16. The van der Waals surface area contributed by atoms with E-state index in [4.69, 9.17) is 9.84 Å². The maximum atomic E-state index is 12.5. The number of rotatable bonds is 6. The van der Waals surface area contributed by atoms with Crippen LogP contribution in [0.3, 0.4) is 0 Å². The van der Waals surface area contributed by atoms with E-state index in [0.717, 1.165) is 0 Å². The van der Waals surface area contributed by atoms with Crippen LogP contribution < -0.4 is 5.32 Å². The maximum Gasteiger partial charge on any atom is 0.325 e. The zero-order chi connectivity index (χ0) is 16.2. The lowest BCUT2D eigenvalue weighted by Gasteiger charge is -2.26. The van der Waals surface area contributed by atoms with E-state index in [2.05, 4.69) is 10.4 Å². The van der Waals surface area contributed by atoms with Crippen LogP contribution in [0.15, 0.2) is 42.6 Å². The second kappa shape index (κ2) is 6.40. The molecule has 116 valence electrons. The Morgan fingerprint density at radius 2 is 2.00 bits per heavy atom. The van der Waals surface area contributed by atoms with Crippen LogP contribution in [0.4, 0.5) is 5.82 Å². The van der Waals surface area contributed by atoms with Gasteiger partial charge in [-0.2, -0.15) is 5.10 Å². The van der Waals surface area contributed by atoms with Gasteiger partial charge in [0.2, 0.25) is 0 Å². The molecule has 22 heavy (non-hydrogen) atoms. The Bertz CT molecular complexity index is 668. The first-order valence-corrected chi connectivity index (χ1v) is 6.63. The van der Waals surface area contributed by atoms with E-state index >= 15 is 0 Å². The molecule has 1 aromatic heterocycles. The lowest BCUT2D eigenvalue weighted by molar-refractivity contribution is -0.138. The second-order valence-corrected chi connectivity index (χ2v) is 4.85. The summed E-state index contributed by atoms with van der Waals surface area (Å²) >= 11 is 0. The molecule has 0 aliphatic heterocycles. The number of aliphatic carboxylic acids is 1. The highest BCUT2D eigenvalue weighted by atomic mass is 16.5. The van der Waals surface area contributed by atoms with Gasteiger partial charge < -0.3 is 15.2 Å². The highest BCUT2D eigenvalue weighted by molar-refractivity contribution is 5.97. The number of anilines is 1. The Kier molecular flexibility index (Phi) is 4.57. The highest BCUT2D eigenvalue weighted by Gasteiger charge is 2.35. The van der Waals surface area contributed by atoms with E-state index < -0.39 is 11.6 Å². The molecule has 0 spiro atoms. The molecule has 0 aliphatic rings. The molecule has 1 aromatic carbocycles. The molecule has 0 aliphatic carbocycles. The number of hydrogen-bond acceptors (Lipinski definition) is 4. The summed E-state index contributed by atoms with van der Waals surface area (Å²) in [6.07, 6.45) is 1.48. The first-order chi connectivity index (χ1) is 10.5. The van der Waals surface area contributed by atoms with Gasteiger partial charge in [-0.25, -0.2) is 0 Å². The first kappa shape index (κ1) is 15.7. The maximum absolute atomic E-state index is 12.5. The quantitative estimate of drug-likeness (QED) is 0.843. The van der Waals surface area contributed by atoms with Crippen LogP contribution in [0.1, 0.15) is 12.5 Å². The largest absolute Gasteiger partial charge is 0.480 e. The van der Waals surface area contributed by atoms with E-state index in [0.29, 0.717) is 5.56 Å². The van der Waals surface area contributed by atoms with Crippen LogP contribution in [0.25, 0.3) is 0 Å². The molecule has 0 bridgehead atoms. The molecule has 0 saturated heterocycles. The normalized spacial score (nSPS) is 13.4. The predicted molar refractivity (Wildman–Crippen MR) is 79.3 cm³/mol. The number of methoxy groups -OCH3 is 1. The van der Waals surface area contributed by atoms with Crippen molar-refractivity contribution in [1.29, 1.82) is 0 Å². The summed E-state index contributed by atoms with van der Waals surface area (Å²) in [4.78, 5) is 23.1. The number of nitrogens with zero attached hydrogens (tertiary/aromatic N) is 2. The van der Waals surface area contributed by atoms with Crippen molar-refractivity contribution in [3.63, 3.8) is 0 Å².